The molecule has 0 fully saturated rings. The number of esters is 1. The predicted molar refractivity (Wildman–Crippen MR) is 73.5 cm³/mol. The van der Waals surface area contributed by atoms with Crippen LogP contribution in [0.2, 0.25) is 5.02 Å². The molecule has 1 aromatic carbocycles. The number of benzene rings is 1. The average molecular weight is 321 g/mol. The molecule has 0 saturated carbocycles. The lowest BCUT2D eigenvalue weighted by atomic mass is 10.3. The average Bonchev–Trinajstić information content (AvgIpc) is 2.31. The maximum atomic E-state index is 11.3. The normalized spacial score (nSPS) is 10.1. The van der Waals surface area contributed by atoms with E-state index in [1.54, 1.807) is 6.07 Å². The molecule has 0 spiro atoms. The van der Waals surface area contributed by atoms with Crippen LogP contribution >= 0.6 is 27.5 Å². The third-order valence-electron chi connectivity index (χ3n) is 2.12. The van der Waals surface area contributed by atoms with E-state index in [-0.39, 0.29) is 12.5 Å². The molecule has 0 aliphatic heterocycles. The highest BCUT2D eigenvalue weighted by atomic mass is 79.9. The van der Waals surface area contributed by atoms with Crippen LogP contribution in [0.4, 0.5) is 5.69 Å². The molecule has 0 saturated heterocycles. The molecule has 0 atom stereocenters. The Morgan fingerprint density at radius 1 is 1.53 bits per heavy atom. The fourth-order valence-corrected chi connectivity index (χ4v) is 1.59. The molecule has 0 aliphatic carbocycles. The van der Waals surface area contributed by atoms with Gasteiger partial charge in [0, 0.05) is 10.2 Å². The molecular weight excluding hydrogens is 305 g/mol. The Hall–Kier alpha value is -0.740. The summed E-state index contributed by atoms with van der Waals surface area (Å²) in [5.74, 6) is -0.252. The first kappa shape index (κ1) is 14.3. The quantitative estimate of drug-likeness (QED) is 0.639. The van der Waals surface area contributed by atoms with Gasteiger partial charge in [0.1, 0.15) is 6.54 Å². The van der Waals surface area contributed by atoms with Gasteiger partial charge in [0.15, 0.2) is 0 Å². The van der Waals surface area contributed by atoms with E-state index in [1.807, 2.05) is 12.1 Å². The number of carbonyl (C=O) groups is 1. The van der Waals surface area contributed by atoms with Crippen LogP contribution in [0.3, 0.4) is 0 Å². The Morgan fingerprint density at radius 2 is 2.29 bits per heavy atom. The molecule has 0 radical (unpaired) electrons. The summed E-state index contributed by atoms with van der Waals surface area (Å²) in [4.78, 5) is 11.3. The maximum absolute atomic E-state index is 11.3. The monoisotopic (exact) mass is 319 g/mol. The summed E-state index contributed by atoms with van der Waals surface area (Å²) in [6.45, 7) is 2.69. The largest absolute Gasteiger partial charge is 0.464 e. The molecule has 0 bridgehead atoms. The predicted octanol–water partition coefficient (Wildman–Crippen LogP) is 3.86. The summed E-state index contributed by atoms with van der Waals surface area (Å²) in [6, 6.07) is 5.42. The molecule has 0 unspecified atom stereocenters. The zero-order valence-corrected chi connectivity index (χ0v) is 12.0. The van der Waals surface area contributed by atoms with Gasteiger partial charge < -0.3 is 10.1 Å². The summed E-state index contributed by atoms with van der Waals surface area (Å²) in [7, 11) is 0. The van der Waals surface area contributed by atoms with Crippen LogP contribution in [-0.4, -0.2) is 19.1 Å². The second kappa shape index (κ2) is 7.56. The summed E-state index contributed by atoms with van der Waals surface area (Å²) in [6.07, 6.45) is 1.92. The minimum atomic E-state index is -0.252. The van der Waals surface area contributed by atoms with Crippen molar-refractivity contribution in [2.45, 2.75) is 19.8 Å². The van der Waals surface area contributed by atoms with Crippen molar-refractivity contribution in [3.8, 4) is 0 Å². The third-order valence-corrected chi connectivity index (χ3v) is 3.35. The Bertz CT molecular complexity index is 385. The zero-order valence-electron chi connectivity index (χ0n) is 9.63. The van der Waals surface area contributed by atoms with Crippen LogP contribution in [0.5, 0.6) is 0 Å². The van der Waals surface area contributed by atoms with Crippen molar-refractivity contribution in [1.82, 2.24) is 0 Å². The highest BCUT2D eigenvalue weighted by Crippen LogP contribution is 2.25. The van der Waals surface area contributed by atoms with Gasteiger partial charge in [-0.05, 0) is 40.5 Å². The van der Waals surface area contributed by atoms with Gasteiger partial charge in [0.25, 0.3) is 0 Å². The molecule has 94 valence electrons. The lowest BCUT2D eigenvalue weighted by Crippen LogP contribution is -2.17. The number of hydrogen-bond donors (Lipinski definition) is 1. The number of anilines is 1. The molecule has 17 heavy (non-hydrogen) atoms. The standard InChI is InChI=1S/C12H15BrClNO2/c1-2-3-6-17-12(16)8-15-9-4-5-10(13)11(14)7-9/h4-5,7,15H,2-3,6,8H2,1H3. The third kappa shape index (κ3) is 5.41. The van der Waals surface area contributed by atoms with Crippen molar-refractivity contribution in [1.29, 1.82) is 0 Å². The van der Waals surface area contributed by atoms with Gasteiger partial charge in [0.2, 0.25) is 0 Å². The van der Waals surface area contributed by atoms with Gasteiger partial charge in [-0.1, -0.05) is 24.9 Å². The molecule has 3 nitrogen and oxygen atoms in total. The number of hydrogen-bond acceptors (Lipinski definition) is 3. The molecular formula is C12H15BrClNO2. The van der Waals surface area contributed by atoms with E-state index < -0.39 is 0 Å². The maximum Gasteiger partial charge on any atom is 0.325 e. The fraction of sp³-hybridized carbons (Fsp3) is 0.417. The van der Waals surface area contributed by atoms with Crippen LogP contribution in [-0.2, 0) is 9.53 Å². The van der Waals surface area contributed by atoms with Gasteiger partial charge in [-0.25, -0.2) is 0 Å². The van der Waals surface area contributed by atoms with E-state index in [1.165, 1.54) is 0 Å². The first-order valence-electron chi connectivity index (χ1n) is 5.48. The highest BCUT2D eigenvalue weighted by Gasteiger charge is 2.03. The van der Waals surface area contributed by atoms with Crippen molar-refractivity contribution in [3.63, 3.8) is 0 Å². The van der Waals surface area contributed by atoms with Gasteiger partial charge in [0.05, 0.1) is 11.6 Å². The Balaban J connectivity index is 2.34. The molecule has 0 heterocycles. The summed E-state index contributed by atoms with van der Waals surface area (Å²) in [5.41, 5.74) is 0.797. The first-order valence-corrected chi connectivity index (χ1v) is 6.65. The molecule has 1 N–H and O–H groups in total. The Labute approximate surface area is 115 Å². The van der Waals surface area contributed by atoms with E-state index in [2.05, 4.69) is 28.2 Å². The van der Waals surface area contributed by atoms with Crippen LogP contribution in [0.1, 0.15) is 19.8 Å². The van der Waals surface area contributed by atoms with E-state index >= 15 is 0 Å². The molecule has 0 aliphatic rings. The second-order valence-corrected chi connectivity index (χ2v) is 4.82. The SMILES string of the molecule is CCCCOC(=O)CNc1ccc(Br)c(Cl)c1. The number of carbonyl (C=O) groups excluding carboxylic acids is 1. The minimum absolute atomic E-state index is 0.154. The van der Waals surface area contributed by atoms with E-state index in [0.29, 0.717) is 11.6 Å². The zero-order chi connectivity index (χ0) is 12.7. The topological polar surface area (TPSA) is 38.3 Å². The van der Waals surface area contributed by atoms with Gasteiger partial charge in [-0.2, -0.15) is 0 Å². The van der Waals surface area contributed by atoms with Crippen LogP contribution in [0.15, 0.2) is 22.7 Å². The lowest BCUT2D eigenvalue weighted by molar-refractivity contribution is -0.141. The van der Waals surface area contributed by atoms with Crippen molar-refractivity contribution in [2.75, 3.05) is 18.5 Å². The van der Waals surface area contributed by atoms with Crippen LogP contribution < -0.4 is 5.32 Å². The van der Waals surface area contributed by atoms with Gasteiger partial charge in [-0.15, -0.1) is 0 Å². The van der Waals surface area contributed by atoms with Crippen molar-refractivity contribution < 1.29 is 9.53 Å². The number of halogens is 2. The van der Waals surface area contributed by atoms with Crippen LogP contribution in [0, 0.1) is 0 Å². The minimum Gasteiger partial charge on any atom is -0.464 e. The van der Waals surface area contributed by atoms with Gasteiger partial charge >= 0.3 is 5.97 Å². The first-order chi connectivity index (χ1) is 8.13. The van der Waals surface area contributed by atoms with E-state index in [0.717, 1.165) is 23.0 Å². The summed E-state index contributed by atoms with van der Waals surface area (Å²) >= 11 is 9.23. The molecule has 5 heteroatoms. The van der Waals surface area contributed by atoms with Crippen molar-refractivity contribution in [2.24, 2.45) is 0 Å². The number of unbranched alkanes of at least 4 members (excludes halogenated alkanes) is 1. The lowest BCUT2D eigenvalue weighted by Gasteiger charge is -2.07. The molecule has 1 aromatic rings. The highest BCUT2D eigenvalue weighted by molar-refractivity contribution is 9.10. The van der Waals surface area contributed by atoms with Crippen LogP contribution in [0.25, 0.3) is 0 Å². The van der Waals surface area contributed by atoms with E-state index in [9.17, 15) is 4.79 Å². The Kier molecular flexibility index (Phi) is 6.37. The van der Waals surface area contributed by atoms with Crippen molar-refractivity contribution >= 4 is 39.2 Å². The molecule has 0 aromatic heterocycles. The number of nitrogens with one attached hydrogen (secondary N) is 1. The van der Waals surface area contributed by atoms with Gasteiger partial charge in [-0.3, -0.25) is 4.79 Å². The second-order valence-electron chi connectivity index (χ2n) is 3.56. The fourth-order valence-electron chi connectivity index (χ4n) is 1.16. The summed E-state index contributed by atoms with van der Waals surface area (Å²) in [5, 5.41) is 3.57. The Morgan fingerprint density at radius 3 is 2.94 bits per heavy atom. The smallest absolute Gasteiger partial charge is 0.325 e. The summed E-state index contributed by atoms with van der Waals surface area (Å²) < 4.78 is 5.84. The van der Waals surface area contributed by atoms with E-state index in [4.69, 9.17) is 16.3 Å². The number of ether oxygens (including phenoxy) is 1. The number of rotatable bonds is 6. The molecule has 1 rings (SSSR count). The van der Waals surface area contributed by atoms with Crippen molar-refractivity contribution in [3.05, 3.63) is 27.7 Å². The molecule has 0 amide bonds.